The lowest BCUT2D eigenvalue weighted by molar-refractivity contribution is 0.0951. The van der Waals surface area contributed by atoms with Crippen LogP contribution in [0.15, 0.2) is 29.6 Å². The normalized spacial score (nSPS) is 15.5. The molecular formula is C16H22ClN3OS. The summed E-state index contributed by atoms with van der Waals surface area (Å²) in [6.07, 6.45) is 1.01. The molecule has 1 saturated heterocycles. The predicted molar refractivity (Wildman–Crippen MR) is 95.3 cm³/mol. The zero-order valence-corrected chi connectivity index (χ0v) is 14.1. The van der Waals surface area contributed by atoms with Gasteiger partial charge < -0.3 is 15.5 Å². The number of thiophene rings is 1. The molecule has 0 aliphatic carbocycles. The minimum absolute atomic E-state index is 0. The molecule has 0 spiro atoms. The number of halogens is 1. The van der Waals surface area contributed by atoms with Gasteiger partial charge >= 0.3 is 0 Å². The van der Waals surface area contributed by atoms with Crippen LogP contribution >= 0.6 is 23.7 Å². The van der Waals surface area contributed by atoms with Gasteiger partial charge in [0.15, 0.2) is 0 Å². The van der Waals surface area contributed by atoms with Crippen molar-refractivity contribution < 1.29 is 4.79 Å². The summed E-state index contributed by atoms with van der Waals surface area (Å²) in [6, 6.07) is 7.96. The van der Waals surface area contributed by atoms with Crippen molar-refractivity contribution in [1.82, 2.24) is 15.5 Å². The van der Waals surface area contributed by atoms with Crippen LogP contribution in [0.1, 0.15) is 16.8 Å². The van der Waals surface area contributed by atoms with E-state index in [0.29, 0.717) is 0 Å². The van der Waals surface area contributed by atoms with Crippen LogP contribution in [0.5, 0.6) is 0 Å². The van der Waals surface area contributed by atoms with E-state index in [0.717, 1.165) is 56.6 Å². The van der Waals surface area contributed by atoms with Crippen molar-refractivity contribution in [3.05, 3.63) is 35.2 Å². The first-order valence-electron chi connectivity index (χ1n) is 7.51. The van der Waals surface area contributed by atoms with Gasteiger partial charge in [0.05, 0.1) is 0 Å². The fourth-order valence-corrected chi connectivity index (χ4v) is 3.42. The Kier molecular flexibility index (Phi) is 6.64. The molecule has 1 aliphatic heterocycles. The third-order valence-electron chi connectivity index (χ3n) is 3.86. The summed E-state index contributed by atoms with van der Waals surface area (Å²) in [4.78, 5) is 14.6. The van der Waals surface area contributed by atoms with Crippen molar-refractivity contribution in [3.8, 4) is 0 Å². The largest absolute Gasteiger partial charge is 0.352 e. The maximum Gasteiger partial charge on any atom is 0.251 e. The smallest absolute Gasteiger partial charge is 0.251 e. The van der Waals surface area contributed by atoms with Gasteiger partial charge in [0.2, 0.25) is 0 Å². The van der Waals surface area contributed by atoms with Gasteiger partial charge in [-0.1, -0.05) is 0 Å². The number of hydrogen-bond acceptors (Lipinski definition) is 4. The zero-order chi connectivity index (χ0) is 14.5. The quantitative estimate of drug-likeness (QED) is 0.822. The number of fused-ring (bicyclic) bond motifs is 1. The van der Waals surface area contributed by atoms with Crippen molar-refractivity contribution in [2.75, 3.05) is 39.3 Å². The Balaban J connectivity index is 0.00000176. The number of rotatable bonds is 5. The second-order valence-electron chi connectivity index (χ2n) is 5.37. The molecule has 1 aromatic carbocycles. The number of amides is 1. The highest BCUT2D eigenvalue weighted by molar-refractivity contribution is 7.17. The van der Waals surface area contributed by atoms with E-state index in [2.05, 4.69) is 27.0 Å². The number of piperazine rings is 1. The molecule has 120 valence electrons. The molecule has 1 aliphatic rings. The zero-order valence-electron chi connectivity index (χ0n) is 12.5. The van der Waals surface area contributed by atoms with Gasteiger partial charge in [-0.2, -0.15) is 0 Å². The molecule has 4 nitrogen and oxygen atoms in total. The molecule has 3 rings (SSSR count). The fourth-order valence-electron chi connectivity index (χ4n) is 2.65. The van der Waals surface area contributed by atoms with Crippen molar-refractivity contribution in [2.24, 2.45) is 0 Å². The van der Waals surface area contributed by atoms with Crippen molar-refractivity contribution in [3.63, 3.8) is 0 Å². The highest BCUT2D eigenvalue weighted by Gasteiger charge is 2.09. The first-order valence-corrected chi connectivity index (χ1v) is 8.39. The maximum atomic E-state index is 12.1. The van der Waals surface area contributed by atoms with Crippen LogP contribution in [-0.4, -0.2) is 50.1 Å². The molecule has 2 aromatic rings. The van der Waals surface area contributed by atoms with Crippen molar-refractivity contribution in [2.45, 2.75) is 6.42 Å². The van der Waals surface area contributed by atoms with Crippen LogP contribution < -0.4 is 10.6 Å². The Morgan fingerprint density at radius 2 is 2.09 bits per heavy atom. The minimum atomic E-state index is 0. The van der Waals surface area contributed by atoms with E-state index in [1.165, 1.54) is 4.70 Å². The monoisotopic (exact) mass is 339 g/mol. The lowest BCUT2D eigenvalue weighted by Gasteiger charge is -2.27. The summed E-state index contributed by atoms with van der Waals surface area (Å²) >= 11 is 1.70. The summed E-state index contributed by atoms with van der Waals surface area (Å²) in [5.41, 5.74) is 0.753. The Morgan fingerprint density at radius 1 is 1.27 bits per heavy atom. The number of nitrogens with zero attached hydrogens (tertiary/aromatic N) is 1. The van der Waals surface area contributed by atoms with E-state index in [1.807, 2.05) is 18.2 Å². The second kappa shape index (κ2) is 8.48. The van der Waals surface area contributed by atoms with Crippen LogP contribution in [0.3, 0.4) is 0 Å². The standard InChI is InChI=1S/C16H21N3OS.ClH/c20-16(14-2-3-15-13(12-14)4-11-21-15)18-5-1-8-19-9-6-17-7-10-19;/h2-4,11-12,17H,1,5-10H2,(H,18,20);1H. The summed E-state index contributed by atoms with van der Waals surface area (Å²) in [7, 11) is 0. The highest BCUT2D eigenvalue weighted by atomic mass is 35.5. The maximum absolute atomic E-state index is 12.1. The van der Waals surface area contributed by atoms with E-state index in [4.69, 9.17) is 0 Å². The van der Waals surface area contributed by atoms with Gasteiger partial charge in [0.1, 0.15) is 0 Å². The number of carbonyl (C=O) groups excluding carboxylic acids is 1. The molecule has 0 unspecified atom stereocenters. The molecule has 2 N–H and O–H groups in total. The van der Waals surface area contributed by atoms with Crippen LogP contribution in [0.2, 0.25) is 0 Å². The Bertz CT molecular complexity index is 610. The highest BCUT2D eigenvalue weighted by Crippen LogP contribution is 2.21. The number of carbonyl (C=O) groups is 1. The molecule has 0 bridgehead atoms. The van der Waals surface area contributed by atoms with Crippen molar-refractivity contribution in [1.29, 1.82) is 0 Å². The molecular weight excluding hydrogens is 318 g/mol. The summed E-state index contributed by atoms with van der Waals surface area (Å²) in [6.45, 7) is 6.18. The molecule has 2 heterocycles. The van der Waals surface area contributed by atoms with Gasteiger partial charge in [-0.3, -0.25) is 4.79 Å². The first-order chi connectivity index (χ1) is 10.3. The Hall–Kier alpha value is -1.14. The van der Waals surface area contributed by atoms with Gasteiger partial charge in [-0.25, -0.2) is 0 Å². The Morgan fingerprint density at radius 3 is 2.91 bits per heavy atom. The number of benzene rings is 1. The average molecular weight is 340 g/mol. The van der Waals surface area contributed by atoms with E-state index in [1.54, 1.807) is 11.3 Å². The number of nitrogens with one attached hydrogen (secondary N) is 2. The molecule has 0 saturated carbocycles. The summed E-state index contributed by atoms with van der Waals surface area (Å²) < 4.78 is 1.23. The van der Waals surface area contributed by atoms with Crippen LogP contribution in [0, 0.1) is 0 Å². The molecule has 0 radical (unpaired) electrons. The lowest BCUT2D eigenvalue weighted by Crippen LogP contribution is -2.44. The molecule has 22 heavy (non-hydrogen) atoms. The van der Waals surface area contributed by atoms with E-state index < -0.39 is 0 Å². The summed E-state index contributed by atoms with van der Waals surface area (Å²) in [5.74, 6) is 0.0309. The third-order valence-corrected chi connectivity index (χ3v) is 4.76. The molecule has 1 fully saturated rings. The van der Waals surface area contributed by atoms with Crippen LogP contribution in [0.4, 0.5) is 0 Å². The molecule has 0 atom stereocenters. The summed E-state index contributed by atoms with van der Waals surface area (Å²) in [5, 5.41) is 9.57. The lowest BCUT2D eigenvalue weighted by atomic mass is 10.1. The van der Waals surface area contributed by atoms with Gasteiger partial charge in [0.25, 0.3) is 5.91 Å². The van der Waals surface area contributed by atoms with Crippen LogP contribution in [0.25, 0.3) is 10.1 Å². The SMILES string of the molecule is Cl.O=C(NCCCN1CCNCC1)c1ccc2sccc2c1. The van der Waals surface area contributed by atoms with Gasteiger partial charge in [-0.05, 0) is 48.0 Å². The Labute approximate surface area is 141 Å². The molecule has 1 aromatic heterocycles. The van der Waals surface area contributed by atoms with Crippen LogP contribution in [-0.2, 0) is 0 Å². The van der Waals surface area contributed by atoms with Crippen molar-refractivity contribution >= 4 is 39.7 Å². The van der Waals surface area contributed by atoms with Gasteiger partial charge in [-0.15, -0.1) is 23.7 Å². The third kappa shape index (κ3) is 4.43. The minimum Gasteiger partial charge on any atom is -0.352 e. The molecule has 6 heteroatoms. The topological polar surface area (TPSA) is 44.4 Å². The second-order valence-corrected chi connectivity index (χ2v) is 6.32. The fraction of sp³-hybridized carbons (Fsp3) is 0.438. The van der Waals surface area contributed by atoms with E-state index in [9.17, 15) is 4.79 Å². The van der Waals surface area contributed by atoms with E-state index >= 15 is 0 Å². The molecule has 1 amide bonds. The number of hydrogen-bond donors (Lipinski definition) is 2. The van der Waals surface area contributed by atoms with E-state index in [-0.39, 0.29) is 18.3 Å². The van der Waals surface area contributed by atoms with Gasteiger partial charge in [0, 0.05) is 43.0 Å². The first kappa shape index (κ1) is 17.2. The predicted octanol–water partition coefficient (Wildman–Crippen LogP) is 2.35. The average Bonchev–Trinajstić information content (AvgIpc) is 3.00.